The molecule has 0 saturated heterocycles. The molecule has 1 amide bonds. The van der Waals surface area contributed by atoms with Gasteiger partial charge in [0.1, 0.15) is 4.47 Å². The molecule has 1 aliphatic carbocycles. The van der Waals surface area contributed by atoms with Crippen LogP contribution in [0.2, 0.25) is 0 Å². The number of rotatable bonds is 4. The molecule has 20 heavy (non-hydrogen) atoms. The molecule has 1 saturated carbocycles. The highest BCUT2D eigenvalue weighted by Gasteiger charge is 2.30. The predicted molar refractivity (Wildman–Crippen MR) is 76.5 cm³/mol. The lowest BCUT2D eigenvalue weighted by Gasteiger charge is -2.34. The minimum absolute atomic E-state index is 0.122. The number of carbonyl (C=O) groups is 1. The van der Waals surface area contributed by atoms with E-state index >= 15 is 0 Å². The Balaban J connectivity index is 2.12. The number of amides is 1. The Morgan fingerprint density at radius 3 is 2.75 bits per heavy atom. The van der Waals surface area contributed by atoms with Gasteiger partial charge in [0.25, 0.3) is 11.6 Å². The van der Waals surface area contributed by atoms with Crippen molar-refractivity contribution in [1.82, 2.24) is 4.90 Å². The van der Waals surface area contributed by atoms with E-state index in [2.05, 4.69) is 15.9 Å². The summed E-state index contributed by atoms with van der Waals surface area (Å²) < 4.78 is 0.204. The van der Waals surface area contributed by atoms with E-state index in [9.17, 15) is 20.0 Å². The van der Waals surface area contributed by atoms with Gasteiger partial charge in [-0.25, -0.2) is 0 Å². The van der Waals surface area contributed by atoms with E-state index in [0.717, 1.165) is 0 Å². The third kappa shape index (κ3) is 2.99. The van der Waals surface area contributed by atoms with E-state index in [1.165, 1.54) is 12.1 Å². The maximum Gasteiger partial charge on any atom is 0.284 e. The minimum atomic E-state index is -0.525. The molecule has 1 N–H and O–H groups in total. The first-order valence-electron chi connectivity index (χ1n) is 6.26. The number of benzene rings is 1. The highest BCUT2D eigenvalue weighted by atomic mass is 79.9. The van der Waals surface area contributed by atoms with Crippen molar-refractivity contribution in [3.63, 3.8) is 0 Å². The van der Waals surface area contributed by atoms with Crippen LogP contribution in [0.3, 0.4) is 0 Å². The first-order chi connectivity index (χ1) is 9.40. The number of aliphatic hydroxyl groups is 1. The number of aliphatic hydroxyl groups excluding tert-OH is 1. The Morgan fingerprint density at radius 1 is 1.55 bits per heavy atom. The fourth-order valence-electron chi connectivity index (χ4n) is 2.35. The lowest BCUT2D eigenvalue weighted by molar-refractivity contribution is -0.385. The highest BCUT2D eigenvalue weighted by Crippen LogP contribution is 2.31. The van der Waals surface area contributed by atoms with Crippen LogP contribution in [-0.4, -0.2) is 40.5 Å². The Kier molecular flexibility index (Phi) is 4.39. The van der Waals surface area contributed by atoms with Crippen molar-refractivity contribution < 1.29 is 14.8 Å². The number of carbonyl (C=O) groups excluding carboxylic acids is 1. The summed E-state index contributed by atoms with van der Waals surface area (Å²) in [5, 5.41) is 20.1. The van der Waals surface area contributed by atoms with E-state index in [4.69, 9.17) is 0 Å². The van der Waals surface area contributed by atoms with Crippen LogP contribution in [-0.2, 0) is 0 Å². The van der Waals surface area contributed by atoms with Crippen LogP contribution >= 0.6 is 15.9 Å². The van der Waals surface area contributed by atoms with Crippen molar-refractivity contribution in [2.75, 3.05) is 13.6 Å². The fourth-order valence-corrected chi connectivity index (χ4v) is 2.93. The summed E-state index contributed by atoms with van der Waals surface area (Å²) in [7, 11) is 1.66. The molecule has 7 heteroatoms. The number of hydrogen-bond donors (Lipinski definition) is 1. The Morgan fingerprint density at radius 2 is 2.20 bits per heavy atom. The number of hydrogen-bond acceptors (Lipinski definition) is 4. The molecule has 0 aromatic heterocycles. The van der Waals surface area contributed by atoms with Crippen molar-refractivity contribution >= 4 is 27.5 Å². The Labute approximate surface area is 124 Å². The maximum atomic E-state index is 12.3. The molecule has 108 valence electrons. The summed E-state index contributed by atoms with van der Waals surface area (Å²) in [6.45, 7) is 0.547. The van der Waals surface area contributed by atoms with Gasteiger partial charge in [0.15, 0.2) is 0 Å². The van der Waals surface area contributed by atoms with Gasteiger partial charge in [-0.15, -0.1) is 0 Å². The van der Waals surface area contributed by atoms with Crippen molar-refractivity contribution in [2.45, 2.75) is 18.9 Å². The zero-order chi connectivity index (χ0) is 14.9. The lowest BCUT2D eigenvalue weighted by atomic mass is 9.82. The van der Waals surface area contributed by atoms with E-state index in [1.54, 1.807) is 18.0 Å². The largest absolute Gasteiger partial charge is 0.393 e. The van der Waals surface area contributed by atoms with Crippen LogP contribution in [0.25, 0.3) is 0 Å². The molecule has 0 atom stereocenters. The summed E-state index contributed by atoms with van der Waals surface area (Å²) in [6.07, 6.45) is 1.15. The second kappa shape index (κ2) is 5.88. The SMILES string of the molecule is CN(CC1CC(O)C1)C(=O)c1cccc([N+](=O)[O-])c1Br. The van der Waals surface area contributed by atoms with Gasteiger partial charge in [-0.3, -0.25) is 14.9 Å². The summed E-state index contributed by atoms with van der Waals surface area (Å²) in [5.41, 5.74) is 0.157. The molecule has 0 bridgehead atoms. The maximum absolute atomic E-state index is 12.3. The number of halogens is 1. The zero-order valence-electron chi connectivity index (χ0n) is 11.0. The van der Waals surface area contributed by atoms with Crippen LogP contribution in [0.1, 0.15) is 23.2 Å². The summed E-state index contributed by atoms with van der Waals surface area (Å²) in [6, 6.07) is 4.41. The first-order valence-corrected chi connectivity index (χ1v) is 7.06. The molecule has 0 radical (unpaired) electrons. The van der Waals surface area contributed by atoms with Crippen molar-refractivity contribution in [3.05, 3.63) is 38.3 Å². The van der Waals surface area contributed by atoms with Crippen molar-refractivity contribution in [2.24, 2.45) is 5.92 Å². The molecular formula is C13H15BrN2O4. The van der Waals surface area contributed by atoms with Crippen LogP contribution in [0.5, 0.6) is 0 Å². The summed E-state index contributed by atoms with van der Waals surface area (Å²) in [4.78, 5) is 24.2. The van der Waals surface area contributed by atoms with Crippen LogP contribution in [0.15, 0.2) is 22.7 Å². The second-order valence-electron chi connectivity index (χ2n) is 5.07. The normalized spacial score (nSPS) is 21.1. The van der Waals surface area contributed by atoms with E-state index in [-0.39, 0.29) is 27.7 Å². The van der Waals surface area contributed by atoms with Gasteiger partial charge in [-0.2, -0.15) is 0 Å². The average molecular weight is 343 g/mol. The molecule has 1 aromatic rings. The predicted octanol–water partition coefficient (Wildman–Crippen LogP) is 2.20. The minimum Gasteiger partial charge on any atom is -0.393 e. The standard InChI is InChI=1S/C13H15BrN2O4/c1-15(7-8-5-9(17)6-8)13(18)10-3-2-4-11(12(10)14)16(19)20/h2-4,8-9,17H,5-7H2,1H3. The molecule has 2 rings (SSSR count). The molecule has 0 heterocycles. The zero-order valence-corrected chi connectivity index (χ0v) is 12.5. The number of nitrogens with zero attached hydrogens (tertiary/aromatic N) is 2. The van der Waals surface area contributed by atoms with Gasteiger partial charge in [0.2, 0.25) is 0 Å². The third-order valence-electron chi connectivity index (χ3n) is 3.50. The van der Waals surface area contributed by atoms with Crippen molar-refractivity contribution in [3.8, 4) is 0 Å². The number of nitro benzene ring substituents is 1. The molecule has 6 nitrogen and oxygen atoms in total. The van der Waals surface area contributed by atoms with Crippen LogP contribution < -0.4 is 0 Å². The van der Waals surface area contributed by atoms with E-state index in [0.29, 0.717) is 25.3 Å². The highest BCUT2D eigenvalue weighted by molar-refractivity contribution is 9.10. The smallest absolute Gasteiger partial charge is 0.284 e. The molecule has 1 fully saturated rings. The van der Waals surface area contributed by atoms with Crippen molar-refractivity contribution in [1.29, 1.82) is 0 Å². The summed E-state index contributed by atoms with van der Waals surface area (Å²) >= 11 is 3.13. The summed E-state index contributed by atoms with van der Waals surface area (Å²) in [5.74, 6) is 0.0402. The molecular weight excluding hydrogens is 328 g/mol. The van der Waals surface area contributed by atoms with Gasteiger partial charge in [-0.1, -0.05) is 6.07 Å². The molecule has 0 aliphatic heterocycles. The third-order valence-corrected chi connectivity index (χ3v) is 4.33. The average Bonchev–Trinajstić information content (AvgIpc) is 2.36. The Hall–Kier alpha value is -1.47. The topological polar surface area (TPSA) is 83.7 Å². The number of nitro groups is 1. The molecule has 0 spiro atoms. The molecule has 0 unspecified atom stereocenters. The molecule has 1 aromatic carbocycles. The fraction of sp³-hybridized carbons (Fsp3) is 0.462. The van der Waals surface area contributed by atoms with Gasteiger partial charge >= 0.3 is 0 Å². The van der Waals surface area contributed by atoms with E-state index in [1.807, 2.05) is 0 Å². The first kappa shape index (κ1) is 14.9. The lowest BCUT2D eigenvalue weighted by Crippen LogP contribution is -2.39. The monoisotopic (exact) mass is 342 g/mol. The van der Waals surface area contributed by atoms with Gasteiger partial charge in [0, 0.05) is 19.7 Å². The van der Waals surface area contributed by atoms with Gasteiger partial charge < -0.3 is 10.0 Å². The van der Waals surface area contributed by atoms with Crippen LogP contribution in [0, 0.1) is 16.0 Å². The van der Waals surface area contributed by atoms with Crippen LogP contribution in [0.4, 0.5) is 5.69 Å². The Bertz CT molecular complexity index is 543. The second-order valence-corrected chi connectivity index (χ2v) is 5.87. The quantitative estimate of drug-likeness (QED) is 0.671. The van der Waals surface area contributed by atoms with Gasteiger partial charge in [0.05, 0.1) is 16.6 Å². The van der Waals surface area contributed by atoms with E-state index < -0.39 is 4.92 Å². The van der Waals surface area contributed by atoms with Gasteiger partial charge in [-0.05, 0) is 40.8 Å². The molecule has 1 aliphatic rings.